The van der Waals surface area contributed by atoms with Crippen LogP contribution < -0.4 is 11.3 Å². The SMILES string of the molecule is Cc1ccoc1C(NN)C1CCCc2cccnc21. The summed E-state index contributed by atoms with van der Waals surface area (Å²) < 4.78 is 5.62. The van der Waals surface area contributed by atoms with Crippen LogP contribution in [0.1, 0.15) is 47.4 Å². The van der Waals surface area contributed by atoms with Crippen molar-refractivity contribution in [3.63, 3.8) is 0 Å². The topological polar surface area (TPSA) is 64.1 Å². The van der Waals surface area contributed by atoms with Crippen LogP contribution in [0.25, 0.3) is 0 Å². The fraction of sp³-hybridized carbons (Fsp3) is 0.400. The number of pyridine rings is 1. The average molecular weight is 257 g/mol. The minimum absolute atomic E-state index is 0.0102. The molecule has 0 aromatic carbocycles. The molecule has 100 valence electrons. The molecule has 1 aliphatic carbocycles. The van der Waals surface area contributed by atoms with E-state index in [-0.39, 0.29) is 12.0 Å². The van der Waals surface area contributed by atoms with Crippen molar-refractivity contribution in [2.24, 2.45) is 5.84 Å². The van der Waals surface area contributed by atoms with E-state index >= 15 is 0 Å². The molecule has 0 spiro atoms. The molecular weight excluding hydrogens is 238 g/mol. The molecule has 0 radical (unpaired) electrons. The summed E-state index contributed by atoms with van der Waals surface area (Å²) in [5.74, 6) is 6.98. The largest absolute Gasteiger partial charge is 0.467 e. The molecule has 0 saturated carbocycles. The van der Waals surface area contributed by atoms with Crippen LogP contribution in [-0.4, -0.2) is 4.98 Å². The highest BCUT2D eigenvalue weighted by Gasteiger charge is 2.31. The van der Waals surface area contributed by atoms with E-state index in [1.165, 1.54) is 12.0 Å². The summed E-state index contributed by atoms with van der Waals surface area (Å²) in [5.41, 5.74) is 6.55. The summed E-state index contributed by atoms with van der Waals surface area (Å²) in [7, 11) is 0. The summed E-state index contributed by atoms with van der Waals surface area (Å²) in [5, 5.41) is 0. The molecule has 0 saturated heterocycles. The van der Waals surface area contributed by atoms with Crippen molar-refractivity contribution in [2.75, 3.05) is 0 Å². The fourth-order valence-electron chi connectivity index (χ4n) is 3.05. The quantitative estimate of drug-likeness (QED) is 0.655. The molecule has 2 atom stereocenters. The van der Waals surface area contributed by atoms with Crippen LogP contribution in [0.3, 0.4) is 0 Å². The Morgan fingerprint density at radius 1 is 1.47 bits per heavy atom. The Morgan fingerprint density at radius 2 is 2.37 bits per heavy atom. The number of aromatic nitrogens is 1. The number of nitrogens with two attached hydrogens (primary N) is 1. The molecule has 2 heterocycles. The highest BCUT2D eigenvalue weighted by atomic mass is 16.3. The highest BCUT2D eigenvalue weighted by Crippen LogP contribution is 2.39. The predicted molar refractivity (Wildman–Crippen MR) is 73.4 cm³/mol. The van der Waals surface area contributed by atoms with Crippen molar-refractivity contribution in [2.45, 2.75) is 38.1 Å². The molecule has 2 unspecified atom stereocenters. The number of rotatable bonds is 3. The van der Waals surface area contributed by atoms with Crippen LogP contribution >= 0.6 is 0 Å². The van der Waals surface area contributed by atoms with Crippen molar-refractivity contribution in [1.29, 1.82) is 0 Å². The van der Waals surface area contributed by atoms with Crippen LogP contribution in [0.5, 0.6) is 0 Å². The maximum atomic E-state index is 5.78. The Labute approximate surface area is 113 Å². The van der Waals surface area contributed by atoms with Crippen molar-refractivity contribution in [1.82, 2.24) is 10.4 Å². The van der Waals surface area contributed by atoms with Crippen molar-refractivity contribution in [3.05, 3.63) is 53.2 Å². The van der Waals surface area contributed by atoms with Crippen molar-refractivity contribution >= 4 is 0 Å². The average Bonchev–Trinajstić information content (AvgIpc) is 2.86. The van der Waals surface area contributed by atoms with Gasteiger partial charge in [-0.05, 0) is 49.4 Å². The van der Waals surface area contributed by atoms with E-state index in [1.807, 2.05) is 25.3 Å². The molecular formula is C15H19N3O. The Balaban J connectivity index is 2.00. The number of aryl methyl sites for hydroxylation is 2. The van der Waals surface area contributed by atoms with Gasteiger partial charge < -0.3 is 4.42 Å². The van der Waals surface area contributed by atoms with Crippen LogP contribution in [0.4, 0.5) is 0 Å². The number of furan rings is 1. The molecule has 4 heteroatoms. The molecule has 3 N–H and O–H groups in total. The smallest absolute Gasteiger partial charge is 0.125 e. The molecule has 2 aromatic heterocycles. The summed E-state index contributed by atoms with van der Waals surface area (Å²) in [6.07, 6.45) is 6.94. The molecule has 0 amide bonds. The third-order valence-electron chi connectivity index (χ3n) is 4.00. The Morgan fingerprint density at radius 3 is 3.11 bits per heavy atom. The lowest BCUT2D eigenvalue weighted by Crippen LogP contribution is -2.34. The third-order valence-corrected chi connectivity index (χ3v) is 4.00. The standard InChI is InChI=1S/C15H19N3O/c1-10-7-9-19-15(10)14(18-16)12-6-2-4-11-5-3-8-17-13(11)12/h3,5,7-9,12,14,18H,2,4,6,16H2,1H3. The van der Waals surface area contributed by atoms with Gasteiger partial charge in [0.05, 0.1) is 12.3 Å². The predicted octanol–water partition coefficient (Wildman–Crippen LogP) is 2.61. The summed E-state index contributed by atoms with van der Waals surface area (Å²) in [6.45, 7) is 2.05. The number of hydrazine groups is 1. The number of fused-ring (bicyclic) bond motifs is 1. The van der Waals surface area contributed by atoms with E-state index in [0.717, 1.165) is 29.9 Å². The molecule has 0 aliphatic heterocycles. The number of nitrogens with one attached hydrogen (secondary N) is 1. The van der Waals surface area contributed by atoms with Gasteiger partial charge in [0.1, 0.15) is 5.76 Å². The van der Waals surface area contributed by atoms with E-state index in [9.17, 15) is 0 Å². The van der Waals surface area contributed by atoms with Gasteiger partial charge in [0.25, 0.3) is 0 Å². The van der Waals surface area contributed by atoms with E-state index < -0.39 is 0 Å². The first-order chi connectivity index (χ1) is 9.31. The molecule has 3 rings (SSSR count). The second-order valence-electron chi connectivity index (χ2n) is 5.16. The van der Waals surface area contributed by atoms with E-state index in [1.54, 1.807) is 6.26 Å². The van der Waals surface area contributed by atoms with Crippen LogP contribution in [-0.2, 0) is 6.42 Å². The molecule has 0 bridgehead atoms. The lowest BCUT2D eigenvalue weighted by Gasteiger charge is -2.30. The van der Waals surface area contributed by atoms with Crippen LogP contribution in [0.2, 0.25) is 0 Å². The van der Waals surface area contributed by atoms with E-state index in [2.05, 4.69) is 16.5 Å². The maximum Gasteiger partial charge on any atom is 0.125 e. The fourth-order valence-corrected chi connectivity index (χ4v) is 3.05. The van der Waals surface area contributed by atoms with Gasteiger partial charge in [-0.3, -0.25) is 10.8 Å². The minimum atomic E-state index is -0.0102. The van der Waals surface area contributed by atoms with Gasteiger partial charge in [-0.1, -0.05) is 6.07 Å². The van der Waals surface area contributed by atoms with Gasteiger partial charge in [0, 0.05) is 17.8 Å². The zero-order valence-corrected chi connectivity index (χ0v) is 11.1. The van der Waals surface area contributed by atoms with Crippen molar-refractivity contribution in [3.8, 4) is 0 Å². The molecule has 2 aromatic rings. The van der Waals surface area contributed by atoms with E-state index in [4.69, 9.17) is 10.3 Å². The zero-order valence-electron chi connectivity index (χ0n) is 11.1. The Hall–Kier alpha value is -1.65. The zero-order chi connectivity index (χ0) is 13.2. The summed E-state index contributed by atoms with van der Waals surface area (Å²) >= 11 is 0. The lowest BCUT2D eigenvalue weighted by atomic mass is 9.81. The van der Waals surface area contributed by atoms with Gasteiger partial charge in [0.15, 0.2) is 0 Å². The summed E-state index contributed by atoms with van der Waals surface area (Å²) in [4.78, 5) is 4.57. The highest BCUT2D eigenvalue weighted by molar-refractivity contribution is 5.30. The Bertz CT molecular complexity index is 564. The van der Waals surface area contributed by atoms with Crippen LogP contribution in [0.15, 0.2) is 35.1 Å². The van der Waals surface area contributed by atoms with Gasteiger partial charge in [-0.15, -0.1) is 0 Å². The first kappa shape index (κ1) is 12.4. The molecule has 4 nitrogen and oxygen atoms in total. The number of hydrogen-bond acceptors (Lipinski definition) is 4. The summed E-state index contributed by atoms with van der Waals surface area (Å²) in [6, 6.07) is 6.13. The number of nitrogens with zero attached hydrogens (tertiary/aromatic N) is 1. The minimum Gasteiger partial charge on any atom is -0.467 e. The molecule has 19 heavy (non-hydrogen) atoms. The van der Waals surface area contributed by atoms with Crippen molar-refractivity contribution < 1.29 is 4.42 Å². The molecule has 0 fully saturated rings. The number of hydrogen-bond donors (Lipinski definition) is 2. The van der Waals surface area contributed by atoms with Gasteiger partial charge in [0.2, 0.25) is 0 Å². The second-order valence-corrected chi connectivity index (χ2v) is 5.16. The maximum absolute atomic E-state index is 5.78. The normalized spacial score (nSPS) is 20.0. The lowest BCUT2D eigenvalue weighted by molar-refractivity contribution is 0.338. The third kappa shape index (κ3) is 2.17. The van der Waals surface area contributed by atoms with E-state index in [0.29, 0.717) is 0 Å². The van der Waals surface area contributed by atoms with Gasteiger partial charge in [-0.2, -0.15) is 0 Å². The van der Waals surface area contributed by atoms with Gasteiger partial charge in [-0.25, -0.2) is 5.43 Å². The van der Waals surface area contributed by atoms with Crippen LogP contribution in [0, 0.1) is 6.92 Å². The Kier molecular flexibility index (Phi) is 3.36. The second kappa shape index (κ2) is 5.15. The monoisotopic (exact) mass is 257 g/mol. The first-order valence-corrected chi connectivity index (χ1v) is 6.75. The molecule has 1 aliphatic rings. The first-order valence-electron chi connectivity index (χ1n) is 6.75. The van der Waals surface area contributed by atoms with Gasteiger partial charge >= 0.3 is 0 Å².